The van der Waals surface area contributed by atoms with E-state index in [0.717, 1.165) is 27.8 Å². The summed E-state index contributed by atoms with van der Waals surface area (Å²) in [4.78, 5) is 12.5. The predicted molar refractivity (Wildman–Crippen MR) is 118 cm³/mol. The average Bonchev–Trinajstić information content (AvgIpc) is 2.72. The maximum absolute atomic E-state index is 12.5. The van der Waals surface area contributed by atoms with Gasteiger partial charge in [0.15, 0.2) is 5.11 Å². The molecule has 0 aromatic heterocycles. The number of hydrogen-bond acceptors (Lipinski definition) is 3. The molecule has 3 aromatic rings. The molecule has 1 unspecified atom stereocenters. The van der Waals surface area contributed by atoms with Gasteiger partial charge in [-0.05, 0) is 66.7 Å². The number of hydrogen-bond donors (Lipinski definition) is 3. The van der Waals surface area contributed by atoms with E-state index < -0.39 is 0 Å². The number of anilines is 1. The summed E-state index contributed by atoms with van der Waals surface area (Å²) < 4.78 is 5.25. The van der Waals surface area contributed by atoms with Crippen LogP contribution in [0, 0.1) is 6.92 Å². The average molecular weight is 394 g/mol. The van der Waals surface area contributed by atoms with Crippen LogP contribution in [0.3, 0.4) is 0 Å². The van der Waals surface area contributed by atoms with E-state index in [0.29, 0.717) is 5.11 Å². The van der Waals surface area contributed by atoms with Crippen molar-refractivity contribution in [3.05, 3.63) is 71.8 Å². The van der Waals surface area contributed by atoms with Gasteiger partial charge < -0.3 is 10.1 Å². The summed E-state index contributed by atoms with van der Waals surface area (Å²) in [6.07, 6.45) is 0. The minimum absolute atomic E-state index is 0.166. The number of aryl methyl sites for hydroxylation is 1. The number of methoxy groups -OCH3 is 1. The summed E-state index contributed by atoms with van der Waals surface area (Å²) in [5.74, 6) is 0.312. The van der Waals surface area contributed by atoms with Crippen molar-refractivity contribution < 1.29 is 9.53 Å². The van der Waals surface area contributed by atoms with Crippen LogP contribution in [0.2, 0.25) is 0 Å². The van der Waals surface area contributed by atoms with E-state index in [2.05, 4.69) is 16.2 Å². The second-order valence-corrected chi connectivity index (χ2v) is 7.04. The Kier molecular flexibility index (Phi) is 6.11. The quantitative estimate of drug-likeness (QED) is 0.456. The highest BCUT2D eigenvalue weighted by molar-refractivity contribution is 7.80. The van der Waals surface area contributed by atoms with Gasteiger partial charge in [-0.2, -0.15) is 0 Å². The van der Waals surface area contributed by atoms with E-state index >= 15 is 0 Å². The molecule has 3 aromatic carbocycles. The molecule has 1 atom stereocenters. The van der Waals surface area contributed by atoms with Gasteiger partial charge in [-0.3, -0.25) is 15.6 Å². The number of rotatable bonds is 4. The zero-order valence-corrected chi connectivity index (χ0v) is 16.9. The van der Waals surface area contributed by atoms with Crippen LogP contribution in [-0.4, -0.2) is 18.1 Å². The molecular weight excluding hydrogens is 370 g/mol. The molecule has 0 fully saturated rings. The maximum atomic E-state index is 12.5. The van der Waals surface area contributed by atoms with E-state index in [1.54, 1.807) is 7.11 Å². The molecule has 5 nitrogen and oxygen atoms in total. The molecule has 6 heteroatoms. The third kappa shape index (κ3) is 4.78. The fourth-order valence-corrected chi connectivity index (χ4v) is 2.98. The number of fused-ring (bicyclic) bond motifs is 1. The molecule has 0 radical (unpaired) electrons. The summed E-state index contributed by atoms with van der Waals surface area (Å²) >= 11 is 5.23. The van der Waals surface area contributed by atoms with Crippen LogP contribution >= 0.6 is 12.2 Å². The van der Waals surface area contributed by atoms with E-state index in [-0.39, 0.29) is 11.8 Å². The lowest BCUT2D eigenvalue weighted by Crippen LogP contribution is -2.45. The third-order valence-corrected chi connectivity index (χ3v) is 4.78. The van der Waals surface area contributed by atoms with E-state index in [1.807, 2.05) is 74.5 Å². The molecular formula is C22H23N3O2S. The number of thiocarbonyl (C=S) groups is 1. The van der Waals surface area contributed by atoms with Crippen molar-refractivity contribution in [2.45, 2.75) is 19.8 Å². The number of amides is 1. The van der Waals surface area contributed by atoms with Crippen LogP contribution < -0.4 is 20.9 Å². The first-order valence-electron chi connectivity index (χ1n) is 8.97. The van der Waals surface area contributed by atoms with Crippen LogP contribution in [0.5, 0.6) is 5.75 Å². The second kappa shape index (κ2) is 8.71. The van der Waals surface area contributed by atoms with E-state index in [4.69, 9.17) is 17.0 Å². The SMILES string of the molecule is COc1ccc2cc(C(C)C(=O)NNC(=S)Nc3ccc(C)cc3)ccc2c1. The maximum Gasteiger partial charge on any atom is 0.245 e. The molecule has 3 rings (SSSR count). The van der Waals surface area contributed by atoms with Gasteiger partial charge in [0, 0.05) is 5.69 Å². The summed E-state index contributed by atoms with van der Waals surface area (Å²) in [6, 6.07) is 19.7. The smallest absolute Gasteiger partial charge is 0.245 e. The summed E-state index contributed by atoms with van der Waals surface area (Å²) in [5, 5.41) is 5.49. The third-order valence-electron chi connectivity index (χ3n) is 4.57. The lowest BCUT2D eigenvalue weighted by atomic mass is 9.97. The molecule has 0 heterocycles. The first-order valence-corrected chi connectivity index (χ1v) is 9.38. The number of ether oxygens (including phenoxy) is 1. The zero-order valence-electron chi connectivity index (χ0n) is 16.1. The Morgan fingerprint density at radius 2 is 1.64 bits per heavy atom. The Hall–Kier alpha value is -3.12. The van der Waals surface area contributed by atoms with Crippen LogP contribution in [0.1, 0.15) is 24.0 Å². The van der Waals surface area contributed by atoms with Crippen molar-refractivity contribution in [3.63, 3.8) is 0 Å². The van der Waals surface area contributed by atoms with Crippen LogP contribution in [0.15, 0.2) is 60.7 Å². The highest BCUT2D eigenvalue weighted by Crippen LogP contribution is 2.25. The number of nitrogens with one attached hydrogen (secondary N) is 3. The topological polar surface area (TPSA) is 62.4 Å². The van der Waals surface area contributed by atoms with Gasteiger partial charge in [0.1, 0.15) is 5.75 Å². The number of carbonyl (C=O) groups excluding carboxylic acids is 1. The Balaban J connectivity index is 1.59. The van der Waals surface area contributed by atoms with Gasteiger partial charge >= 0.3 is 0 Å². The predicted octanol–water partition coefficient (Wildman–Crippen LogP) is 4.28. The van der Waals surface area contributed by atoms with Crippen LogP contribution in [0.25, 0.3) is 10.8 Å². The van der Waals surface area contributed by atoms with E-state index in [9.17, 15) is 4.79 Å². The van der Waals surface area contributed by atoms with Gasteiger partial charge in [0.25, 0.3) is 0 Å². The molecule has 0 spiro atoms. The minimum atomic E-state index is -0.332. The summed E-state index contributed by atoms with van der Waals surface area (Å²) in [5.41, 5.74) is 8.37. The first kappa shape index (κ1) is 19.6. The zero-order chi connectivity index (χ0) is 20.1. The standard InChI is InChI=1S/C22H23N3O2S/c1-14-4-9-19(10-5-14)23-22(28)25-24-21(26)15(2)16-6-7-18-13-20(27-3)11-8-17(18)12-16/h4-13,15H,1-3H3,(H,24,26)(H2,23,25,28). The van der Waals surface area contributed by atoms with Crippen molar-refractivity contribution in [2.75, 3.05) is 12.4 Å². The van der Waals surface area contributed by atoms with Crippen molar-refractivity contribution in [1.82, 2.24) is 10.9 Å². The van der Waals surface area contributed by atoms with Gasteiger partial charge in [-0.15, -0.1) is 0 Å². The molecule has 0 bridgehead atoms. The van der Waals surface area contributed by atoms with Gasteiger partial charge in [0.2, 0.25) is 5.91 Å². The molecule has 0 aliphatic carbocycles. The molecule has 28 heavy (non-hydrogen) atoms. The molecule has 0 aliphatic rings. The van der Waals surface area contributed by atoms with Gasteiger partial charge in [-0.1, -0.05) is 42.0 Å². The molecule has 144 valence electrons. The number of hydrazine groups is 1. The number of carbonyl (C=O) groups is 1. The summed E-state index contributed by atoms with van der Waals surface area (Å²) in [6.45, 7) is 3.88. The lowest BCUT2D eigenvalue weighted by Gasteiger charge is -2.16. The second-order valence-electron chi connectivity index (χ2n) is 6.63. The van der Waals surface area contributed by atoms with Crippen LogP contribution in [0.4, 0.5) is 5.69 Å². The van der Waals surface area contributed by atoms with Gasteiger partial charge in [0.05, 0.1) is 13.0 Å². The van der Waals surface area contributed by atoms with Crippen molar-refractivity contribution in [2.24, 2.45) is 0 Å². The molecule has 0 saturated heterocycles. The van der Waals surface area contributed by atoms with Crippen molar-refractivity contribution in [1.29, 1.82) is 0 Å². The Morgan fingerprint density at radius 1 is 0.964 bits per heavy atom. The van der Waals surface area contributed by atoms with Crippen molar-refractivity contribution >= 4 is 39.7 Å². The molecule has 0 aliphatic heterocycles. The van der Waals surface area contributed by atoms with E-state index in [1.165, 1.54) is 5.56 Å². The monoisotopic (exact) mass is 393 g/mol. The molecule has 0 saturated carbocycles. The molecule has 1 amide bonds. The summed E-state index contributed by atoms with van der Waals surface area (Å²) in [7, 11) is 1.65. The van der Waals surface area contributed by atoms with Crippen LogP contribution in [-0.2, 0) is 4.79 Å². The lowest BCUT2D eigenvalue weighted by molar-refractivity contribution is -0.122. The Morgan fingerprint density at radius 3 is 2.36 bits per heavy atom. The van der Waals surface area contributed by atoms with Crippen molar-refractivity contribution in [3.8, 4) is 5.75 Å². The largest absolute Gasteiger partial charge is 0.497 e. The Labute approximate surface area is 170 Å². The highest BCUT2D eigenvalue weighted by Gasteiger charge is 2.16. The normalized spacial score (nSPS) is 11.5. The Bertz CT molecular complexity index is 1000. The first-order chi connectivity index (χ1) is 13.5. The fourth-order valence-electron chi connectivity index (χ4n) is 2.82. The van der Waals surface area contributed by atoms with Gasteiger partial charge in [-0.25, -0.2) is 0 Å². The number of benzene rings is 3. The minimum Gasteiger partial charge on any atom is -0.497 e. The molecule has 3 N–H and O–H groups in total. The fraction of sp³-hybridized carbons (Fsp3) is 0.182. The highest BCUT2D eigenvalue weighted by atomic mass is 32.1.